The highest BCUT2D eigenvalue weighted by molar-refractivity contribution is 5.61. The molecule has 0 bridgehead atoms. The fourth-order valence-corrected chi connectivity index (χ4v) is 2.55. The Bertz CT molecular complexity index is 738. The largest absolute Gasteiger partial charge is 0.379 e. The molecule has 0 aliphatic carbocycles. The summed E-state index contributed by atoms with van der Waals surface area (Å²) < 4.78 is 4.24. The normalized spacial score (nSPS) is 10.8. The highest BCUT2D eigenvalue weighted by atomic mass is 15.1. The molecular formula is C17H20N4. The molecular weight excluding hydrogens is 260 g/mol. The second kappa shape index (κ2) is 5.48. The molecule has 1 aromatic carbocycles. The summed E-state index contributed by atoms with van der Waals surface area (Å²) in [5.41, 5.74) is 6.14. The number of hydrogen-bond donors (Lipinski definition) is 1. The second-order valence-electron chi connectivity index (χ2n) is 5.30. The van der Waals surface area contributed by atoms with Gasteiger partial charge in [-0.1, -0.05) is 12.1 Å². The molecule has 0 radical (unpaired) electrons. The van der Waals surface area contributed by atoms with E-state index < -0.39 is 0 Å². The van der Waals surface area contributed by atoms with E-state index >= 15 is 0 Å². The number of anilines is 1. The van der Waals surface area contributed by atoms with E-state index in [1.165, 1.54) is 17.0 Å². The number of para-hydroxylation sites is 2. The summed E-state index contributed by atoms with van der Waals surface area (Å²) in [4.78, 5) is 4.12. The summed E-state index contributed by atoms with van der Waals surface area (Å²) in [7, 11) is 2.10. The molecule has 3 aromatic rings. The Hall–Kier alpha value is -2.49. The molecule has 0 saturated carbocycles. The topological polar surface area (TPSA) is 34.8 Å². The summed E-state index contributed by atoms with van der Waals surface area (Å²) in [6.45, 7) is 5.11. The molecule has 0 saturated heterocycles. The SMILES string of the molecule is Cc1cc(CNc2ccccc2-n2ccnc2)c(C)n1C. The number of hydrogen-bond acceptors (Lipinski definition) is 2. The van der Waals surface area contributed by atoms with E-state index in [4.69, 9.17) is 0 Å². The second-order valence-corrected chi connectivity index (χ2v) is 5.30. The van der Waals surface area contributed by atoms with Crippen molar-refractivity contribution in [1.82, 2.24) is 14.1 Å². The fraction of sp³-hybridized carbons (Fsp3) is 0.235. The van der Waals surface area contributed by atoms with Crippen molar-refractivity contribution < 1.29 is 0 Å². The van der Waals surface area contributed by atoms with E-state index in [1.54, 1.807) is 6.20 Å². The third-order valence-electron chi connectivity index (χ3n) is 4.04. The van der Waals surface area contributed by atoms with Crippen LogP contribution < -0.4 is 5.32 Å². The molecule has 108 valence electrons. The van der Waals surface area contributed by atoms with Gasteiger partial charge in [-0.25, -0.2) is 4.98 Å². The molecule has 21 heavy (non-hydrogen) atoms. The van der Waals surface area contributed by atoms with Crippen molar-refractivity contribution in [3.8, 4) is 5.69 Å². The van der Waals surface area contributed by atoms with Crippen LogP contribution in [0.25, 0.3) is 5.69 Å². The van der Waals surface area contributed by atoms with E-state index in [9.17, 15) is 0 Å². The number of rotatable bonds is 4. The lowest BCUT2D eigenvalue weighted by atomic mass is 10.2. The smallest absolute Gasteiger partial charge is 0.0992 e. The van der Waals surface area contributed by atoms with Crippen LogP contribution in [0.3, 0.4) is 0 Å². The lowest BCUT2D eigenvalue weighted by Gasteiger charge is -2.12. The monoisotopic (exact) mass is 280 g/mol. The van der Waals surface area contributed by atoms with E-state index in [1.807, 2.05) is 29.2 Å². The molecule has 0 aliphatic heterocycles. The molecule has 1 N–H and O–H groups in total. The van der Waals surface area contributed by atoms with Gasteiger partial charge in [0, 0.05) is 37.4 Å². The molecule has 0 aliphatic rings. The Kier molecular flexibility index (Phi) is 3.52. The predicted molar refractivity (Wildman–Crippen MR) is 85.8 cm³/mol. The Labute approximate surface area is 125 Å². The van der Waals surface area contributed by atoms with Crippen molar-refractivity contribution in [3.05, 3.63) is 66.0 Å². The first kappa shape index (κ1) is 13.5. The van der Waals surface area contributed by atoms with E-state index in [0.717, 1.165) is 17.9 Å². The molecule has 0 unspecified atom stereocenters. The molecule has 4 heteroatoms. The van der Waals surface area contributed by atoms with Crippen LogP contribution in [0, 0.1) is 13.8 Å². The van der Waals surface area contributed by atoms with Crippen molar-refractivity contribution in [2.24, 2.45) is 7.05 Å². The van der Waals surface area contributed by atoms with Gasteiger partial charge in [-0.3, -0.25) is 0 Å². The first-order valence-corrected chi connectivity index (χ1v) is 7.10. The minimum absolute atomic E-state index is 0.819. The van der Waals surface area contributed by atoms with Crippen LogP contribution in [0.2, 0.25) is 0 Å². The lowest BCUT2D eigenvalue weighted by Crippen LogP contribution is -2.04. The minimum atomic E-state index is 0.819. The third-order valence-corrected chi connectivity index (χ3v) is 4.04. The van der Waals surface area contributed by atoms with Crippen molar-refractivity contribution in [3.63, 3.8) is 0 Å². The molecule has 0 atom stereocenters. The molecule has 2 aromatic heterocycles. The van der Waals surface area contributed by atoms with Gasteiger partial charge in [0.05, 0.1) is 17.7 Å². The number of nitrogens with zero attached hydrogens (tertiary/aromatic N) is 3. The zero-order chi connectivity index (χ0) is 14.8. The van der Waals surface area contributed by atoms with Crippen LogP contribution in [0.15, 0.2) is 49.1 Å². The Morgan fingerprint density at radius 3 is 2.67 bits per heavy atom. The summed E-state index contributed by atoms with van der Waals surface area (Å²) >= 11 is 0. The van der Waals surface area contributed by atoms with Crippen molar-refractivity contribution in [2.45, 2.75) is 20.4 Å². The highest BCUT2D eigenvalue weighted by Crippen LogP contribution is 2.21. The van der Waals surface area contributed by atoms with Gasteiger partial charge < -0.3 is 14.5 Å². The van der Waals surface area contributed by atoms with Gasteiger partial charge in [0.2, 0.25) is 0 Å². The maximum atomic E-state index is 4.12. The van der Waals surface area contributed by atoms with Gasteiger partial charge in [0.1, 0.15) is 0 Å². The maximum Gasteiger partial charge on any atom is 0.0992 e. The number of nitrogens with one attached hydrogen (secondary N) is 1. The van der Waals surface area contributed by atoms with Gasteiger partial charge in [0.15, 0.2) is 0 Å². The molecule has 0 fully saturated rings. The van der Waals surface area contributed by atoms with Crippen LogP contribution in [0.4, 0.5) is 5.69 Å². The van der Waals surface area contributed by atoms with Crippen LogP contribution in [-0.4, -0.2) is 14.1 Å². The molecule has 2 heterocycles. The van der Waals surface area contributed by atoms with Gasteiger partial charge >= 0.3 is 0 Å². The molecule has 0 spiro atoms. The summed E-state index contributed by atoms with van der Waals surface area (Å²) in [5, 5.41) is 3.54. The van der Waals surface area contributed by atoms with Gasteiger partial charge in [-0.2, -0.15) is 0 Å². The Balaban J connectivity index is 1.84. The summed E-state index contributed by atoms with van der Waals surface area (Å²) in [6.07, 6.45) is 5.57. The standard InChI is InChI=1S/C17H20N4/c1-13-10-15(14(2)20(13)3)11-19-16-6-4-5-7-17(16)21-9-8-18-12-21/h4-10,12,19H,11H2,1-3H3. The molecule has 3 rings (SSSR count). The van der Waals surface area contributed by atoms with Crippen LogP contribution >= 0.6 is 0 Å². The number of aromatic nitrogens is 3. The first-order chi connectivity index (χ1) is 10.2. The predicted octanol–water partition coefficient (Wildman–Crippen LogP) is 3.44. The van der Waals surface area contributed by atoms with Gasteiger partial charge in [-0.05, 0) is 37.6 Å². The zero-order valence-corrected chi connectivity index (χ0v) is 12.7. The fourth-order valence-electron chi connectivity index (χ4n) is 2.55. The first-order valence-electron chi connectivity index (χ1n) is 7.10. The van der Waals surface area contributed by atoms with Crippen molar-refractivity contribution in [2.75, 3.05) is 5.32 Å². The van der Waals surface area contributed by atoms with E-state index in [-0.39, 0.29) is 0 Å². The van der Waals surface area contributed by atoms with Crippen molar-refractivity contribution in [1.29, 1.82) is 0 Å². The summed E-state index contributed by atoms with van der Waals surface area (Å²) in [6, 6.07) is 10.5. The third kappa shape index (κ3) is 2.57. The zero-order valence-electron chi connectivity index (χ0n) is 12.7. The average molecular weight is 280 g/mol. The van der Waals surface area contributed by atoms with Gasteiger partial charge in [0.25, 0.3) is 0 Å². The number of imidazole rings is 1. The Morgan fingerprint density at radius 2 is 2.00 bits per heavy atom. The number of benzene rings is 1. The summed E-state index contributed by atoms with van der Waals surface area (Å²) in [5.74, 6) is 0. The quantitative estimate of drug-likeness (QED) is 0.794. The van der Waals surface area contributed by atoms with Crippen LogP contribution in [-0.2, 0) is 13.6 Å². The van der Waals surface area contributed by atoms with E-state index in [0.29, 0.717) is 0 Å². The molecule has 0 amide bonds. The average Bonchev–Trinajstić information content (AvgIpc) is 3.11. The highest BCUT2D eigenvalue weighted by Gasteiger charge is 2.07. The maximum absolute atomic E-state index is 4.12. The minimum Gasteiger partial charge on any atom is -0.379 e. The number of aryl methyl sites for hydroxylation is 1. The van der Waals surface area contributed by atoms with E-state index in [2.05, 4.69) is 54.0 Å². The lowest BCUT2D eigenvalue weighted by molar-refractivity contribution is 0.837. The van der Waals surface area contributed by atoms with Crippen LogP contribution in [0.5, 0.6) is 0 Å². The van der Waals surface area contributed by atoms with Gasteiger partial charge in [-0.15, -0.1) is 0 Å². The molecule has 4 nitrogen and oxygen atoms in total. The Morgan fingerprint density at radius 1 is 1.19 bits per heavy atom. The van der Waals surface area contributed by atoms with Crippen LogP contribution in [0.1, 0.15) is 17.0 Å². The van der Waals surface area contributed by atoms with Crippen molar-refractivity contribution >= 4 is 5.69 Å².